The number of ketones is 1. The van der Waals surface area contributed by atoms with Crippen LogP contribution < -0.4 is 20.1 Å². The molecule has 140 valence electrons. The van der Waals surface area contributed by atoms with Crippen molar-refractivity contribution >= 4 is 23.3 Å². The molecular weight excluding hydrogens is 348 g/mol. The SMILES string of the molecule is COc1ccc(CNC(=O)CCC(=O)c2ccc3c(c2)NC(=O)CO3)cc1. The molecule has 2 aromatic rings. The van der Waals surface area contributed by atoms with Gasteiger partial charge in [0.1, 0.15) is 11.5 Å². The fourth-order valence-electron chi connectivity index (χ4n) is 2.66. The number of hydrogen-bond acceptors (Lipinski definition) is 5. The number of Topliss-reactive ketones (excluding diaryl/α,β-unsaturated/α-hetero) is 1. The summed E-state index contributed by atoms with van der Waals surface area (Å²) in [5.41, 5.74) is 1.85. The molecule has 27 heavy (non-hydrogen) atoms. The molecule has 2 aromatic carbocycles. The number of hydrogen-bond donors (Lipinski definition) is 2. The minimum Gasteiger partial charge on any atom is -0.497 e. The van der Waals surface area contributed by atoms with E-state index in [-0.39, 0.29) is 37.0 Å². The summed E-state index contributed by atoms with van der Waals surface area (Å²) < 4.78 is 10.3. The Balaban J connectivity index is 1.49. The Morgan fingerprint density at radius 2 is 1.93 bits per heavy atom. The van der Waals surface area contributed by atoms with E-state index in [4.69, 9.17) is 9.47 Å². The van der Waals surface area contributed by atoms with E-state index in [9.17, 15) is 14.4 Å². The van der Waals surface area contributed by atoms with Crippen LogP contribution in [0.5, 0.6) is 11.5 Å². The van der Waals surface area contributed by atoms with Gasteiger partial charge in [-0.05, 0) is 35.9 Å². The fraction of sp³-hybridized carbons (Fsp3) is 0.250. The number of nitrogens with one attached hydrogen (secondary N) is 2. The Hall–Kier alpha value is -3.35. The van der Waals surface area contributed by atoms with Crippen molar-refractivity contribution in [2.24, 2.45) is 0 Å². The lowest BCUT2D eigenvalue weighted by molar-refractivity contribution is -0.121. The molecule has 0 saturated carbocycles. The van der Waals surface area contributed by atoms with E-state index in [0.29, 0.717) is 23.5 Å². The van der Waals surface area contributed by atoms with Crippen LogP contribution >= 0.6 is 0 Å². The number of carbonyl (C=O) groups is 3. The van der Waals surface area contributed by atoms with Crippen LogP contribution in [0.4, 0.5) is 5.69 Å². The van der Waals surface area contributed by atoms with E-state index in [1.165, 1.54) is 0 Å². The Kier molecular flexibility index (Phi) is 5.71. The summed E-state index contributed by atoms with van der Waals surface area (Å²) in [4.78, 5) is 35.7. The van der Waals surface area contributed by atoms with Crippen molar-refractivity contribution in [2.45, 2.75) is 19.4 Å². The Labute approximate surface area is 156 Å². The average Bonchev–Trinajstić information content (AvgIpc) is 2.70. The maximum Gasteiger partial charge on any atom is 0.262 e. The van der Waals surface area contributed by atoms with Crippen LogP contribution in [-0.4, -0.2) is 31.3 Å². The van der Waals surface area contributed by atoms with Crippen molar-refractivity contribution in [3.63, 3.8) is 0 Å². The fourth-order valence-corrected chi connectivity index (χ4v) is 2.66. The van der Waals surface area contributed by atoms with Crippen LogP contribution in [0, 0.1) is 0 Å². The normalized spacial score (nSPS) is 12.4. The van der Waals surface area contributed by atoms with Crippen LogP contribution in [0.3, 0.4) is 0 Å². The zero-order valence-electron chi connectivity index (χ0n) is 14.9. The van der Waals surface area contributed by atoms with Crippen LogP contribution in [0.2, 0.25) is 0 Å². The summed E-state index contributed by atoms with van der Waals surface area (Å²) in [5.74, 6) is 0.654. The summed E-state index contributed by atoms with van der Waals surface area (Å²) in [6, 6.07) is 12.2. The first-order valence-electron chi connectivity index (χ1n) is 8.54. The second-order valence-corrected chi connectivity index (χ2v) is 6.10. The molecule has 1 heterocycles. The van der Waals surface area contributed by atoms with Crippen molar-refractivity contribution < 1.29 is 23.9 Å². The monoisotopic (exact) mass is 368 g/mol. The lowest BCUT2D eigenvalue weighted by Crippen LogP contribution is -2.25. The molecule has 0 aliphatic carbocycles. The van der Waals surface area contributed by atoms with Gasteiger partial charge in [0, 0.05) is 24.9 Å². The lowest BCUT2D eigenvalue weighted by Gasteiger charge is -2.18. The summed E-state index contributed by atoms with van der Waals surface area (Å²) in [5, 5.41) is 5.45. The molecule has 0 bridgehead atoms. The van der Waals surface area contributed by atoms with Crippen LogP contribution in [0.1, 0.15) is 28.8 Å². The molecule has 0 fully saturated rings. The number of fused-ring (bicyclic) bond motifs is 1. The Bertz CT molecular complexity index is 861. The van der Waals surface area contributed by atoms with Gasteiger partial charge in [0.2, 0.25) is 5.91 Å². The zero-order chi connectivity index (χ0) is 19.2. The molecule has 0 radical (unpaired) electrons. The third-order valence-electron chi connectivity index (χ3n) is 4.16. The quantitative estimate of drug-likeness (QED) is 0.732. The molecule has 7 nitrogen and oxygen atoms in total. The average molecular weight is 368 g/mol. The van der Waals surface area contributed by atoms with Crippen LogP contribution in [0.15, 0.2) is 42.5 Å². The van der Waals surface area contributed by atoms with E-state index < -0.39 is 0 Å². The van der Waals surface area contributed by atoms with Gasteiger partial charge in [0.05, 0.1) is 12.8 Å². The van der Waals surface area contributed by atoms with Gasteiger partial charge in [-0.3, -0.25) is 14.4 Å². The van der Waals surface area contributed by atoms with Gasteiger partial charge in [0.15, 0.2) is 12.4 Å². The molecular formula is C20H20N2O5. The molecule has 0 unspecified atom stereocenters. The molecule has 0 aromatic heterocycles. The number of carbonyl (C=O) groups excluding carboxylic acids is 3. The van der Waals surface area contributed by atoms with Crippen LogP contribution in [0.25, 0.3) is 0 Å². The highest BCUT2D eigenvalue weighted by Gasteiger charge is 2.18. The predicted octanol–water partition coefficient (Wildman–Crippen LogP) is 2.31. The van der Waals surface area contributed by atoms with Gasteiger partial charge in [-0.15, -0.1) is 0 Å². The number of methoxy groups -OCH3 is 1. The number of amides is 2. The first-order chi connectivity index (χ1) is 13.0. The lowest BCUT2D eigenvalue weighted by atomic mass is 10.0. The predicted molar refractivity (Wildman–Crippen MR) is 99.0 cm³/mol. The number of anilines is 1. The molecule has 1 aliphatic heterocycles. The van der Waals surface area contributed by atoms with Crippen molar-refractivity contribution in [1.82, 2.24) is 5.32 Å². The number of ether oxygens (including phenoxy) is 2. The highest BCUT2D eigenvalue weighted by atomic mass is 16.5. The molecule has 3 rings (SSSR count). The summed E-state index contributed by atoms with van der Waals surface area (Å²) in [6.45, 7) is 0.355. The first kappa shape index (κ1) is 18.4. The summed E-state index contributed by atoms with van der Waals surface area (Å²) in [7, 11) is 1.59. The van der Waals surface area contributed by atoms with Crippen molar-refractivity contribution in [1.29, 1.82) is 0 Å². The zero-order valence-corrected chi connectivity index (χ0v) is 14.9. The standard InChI is InChI=1S/C20H20N2O5/c1-26-15-5-2-13(3-6-15)11-21-19(24)9-7-17(23)14-4-8-18-16(10-14)22-20(25)12-27-18/h2-6,8,10H,7,9,11-12H2,1H3,(H,21,24)(H,22,25). The van der Waals surface area contributed by atoms with Crippen LogP contribution in [-0.2, 0) is 16.1 Å². The first-order valence-corrected chi connectivity index (χ1v) is 8.54. The Morgan fingerprint density at radius 3 is 2.67 bits per heavy atom. The molecule has 2 amide bonds. The van der Waals surface area contributed by atoms with Gasteiger partial charge in [-0.25, -0.2) is 0 Å². The second kappa shape index (κ2) is 8.35. The maximum absolute atomic E-state index is 12.3. The minimum absolute atomic E-state index is 0.0331. The number of rotatable bonds is 7. The topological polar surface area (TPSA) is 93.7 Å². The second-order valence-electron chi connectivity index (χ2n) is 6.10. The largest absolute Gasteiger partial charge is 0.497 e. The minimum atomic E-state index is -0.259. The molecule has 0 saturated heterocycles. The molecule has 7 heteroatoms. The van der Waals surface area contributed by atoms with Crippen molar-refractivity contribution in [3.8, 4) is 11.5 Å². The van der Waals surface area contributed by atoms with E-state index in [1.807, 2.05) is 24.3 Å². The Morgan fingerprint density at radius 1 is 1.15 bits per heavy atom. The van der Waals surface area contributed by atoms with E-state index >= 15 is 0 Å². The molecule has 0 atom stereocenters. The molecule has 1 aliphatic rings. The van der Waals surface area contributed by atoms with Gasteiger partial charge < -0.3 is 20.1 Å². The molecule has 2 N–H and O–H groups in total. The van der Waals surface area contributed by atoms with Gasteiger partial charge in [-0.1, -0.05) is 12.1 Å². The smallest absolute Gasteiger partial charge is 0.262 e. The van der Waals surface area contributed by atoms with E-state index in [1.54, 1.807) is 25.3 Å². The maximum atomic E-state index is 12.3. The molecule has 0 spiro atoms. The number of benzene rings is 2. The van der Waals surface area contributed by atoms with E-state index in [0.717, 1.165) is 11.3 Å². The van der Waals surface area contributed by atoms with Crippen molar-refractivity contribution in [3.05, 3.63) is 53.6 Å². The third-order valence-corrected chi connectivity index (χ3v) is 4.16. The summed E-state index contributed by atoms with van der Waals surface area (Å²) >= 11 is 0. The van der Waals surface area contributed by atoms with Gasteiger partial charge >= 0.3 is 0 Å². The van der Waals surface area contributed by atoms with Crippen molar-refractivity contribution in [2.75, 3.05) is 19.0 Å². The third kappa shape index (κ3) is 4.84. The van der Waals surface area contributed by atoms with Gasteiger partial charge in [0.25, 0.3) is 5.91 Å². The van der Waals surface area contributed by atoms with Gasteiger partial charge in [-0.2, -0.15) is 0 Å². The highest BCUT2D eigenvalue weighted by molar-refractivity contribution is 6.01. The highest BCUT2D eigenvalue weighted by Crippen LogP contribution is 2.28. The summed E-state index contributed by atoms with van der Waals surface area (Å²) in [6.07, 6.45) is 0.178. The van der Waals surface area contributed by atoms with E-state index in [2.05, 4.69) is 10.6 Å².